The van der Waals surface area contributed by atoms with Crippen LogP contribution in [0.15, 0.2) is 23.2 Å². The summed E-state index contributed by atoms with van der Waals surface area (Å²) in [6, 6.07) is 5.79. The number of carbonyl (C=O) groups excluding carboxylic acids is 1. The topological polar surface area (TPSA) is 98.4 Å². The number of carbonyl (C=O) groups is 1. The Morgan fingerprint density at radius 1 is 1.30 bits per heavy atom. The van der Waals surface area contributed by atoms with E-state index in [1.807, 2.05) is 18.2 Å². The first-order valence-electron chi connectivity index (χ1n) is 8.76. The molecule has 27 heavy (non-hydrogen) atoms. The predicted molar refractivity (Wildman–Crippen MR) is 115 cm³/mol. The molecule has 0 atom stereocenters. The van der Waals surface area contributed by atoms with Crippen molar-refractivity contribution in [1.29, 1.82) is 0 Å². The van der Waals surface area contributed by atoms with Gasteiger partial charge in [0.05, 0.1) is 27.4 Å². The molecule has 3 N–H and O–H groups in total. The van der Waals surface area contributed by atoms with Crippen LogP contribution in [0.4, 0.5) is 4.79 Å². The first kappa shape index (κ1) is 23.1. The number of nitrogens with zero attached hydrogens (tertiary/aromatic N) is 2. The molecule has 0 aliphatic carbocycles. The number of guanidine groups is 1. The van der Waals surface area contributed by atoms with Gasteiger partial charge in [-0.15, -0.1) is 24.0 Å². The second kappa shape index (κ2) is 11.7. The van der Waals surface area contributed by atoms with Crippen molar-refractivity contribution in [1.82, 2.24) is 10.2 Å². The molecule has 1 aromatic carbocycles. The normalized spacial score (nSPS) is 14.9. The minimum Gasteiger partial charge on any atom is -0.497 e. The van der Waals surface area contributed by atoms with Crippen molar-refractivity contribution in [3.05, 3.63) is 23.8 Å². The summed E-state index contributed by atoms with van der Waals surface area (Å²) in [5.74, 6) is 1.83. The Morgan fingerprint density at radius 3 is 2.59 bits per heavy atom. The Hall–Kier alpha value is -1.91. The fraction of sp³-hybridized carbons (Fsp3) is 0.556. The molecule has 0 bridgehead atoms. The second-order valence-electron chi connectivity index (χ2n) is 5.98. The molecule has 8 nitrogen and oxygen atoms in total. The van der Waals surface area contributed by atoms with E-state index in [9.17, 15) is 4.79 Å². The van der Waals surface area contributed by atoms with Crippen LogP contribution in [0.25, 0.3) is 0 Å². The molecule has 1 amide bonds. The second-order valence-corrected chi connectivity index (χ2v) is 5.98. The Labute approximate surface area is 177 Å². The maximum absolute atomic E-state index is 11.7. The highest BCUT2D eigenvalue weighted by Gasteiger charge is 2.23. The maximum atomic E-state index is 11.7. The Kier molecular flexibility index (Phi) is 10.0. The van der Waals surface area contributed by atoms with Crippen molar-refractivity contribution < 1.29 is 19.0 Å². The van der Waals surface area contributed by atoms with Crippen molar-refractivity contribution in [3.63, 3.8) is 0 Å². The standard InChI is InChI=1S/C18H28N4O4.HI/c1-4-26-18(23)22-9-7-14(8-10-22)21-17(19)20-12-13-5-6-15(24-2)11-16(13)25-3;/h5-6,11,14H,4,7-10,12H2,1-3H3,(H3,19,20,21);1H. The number of rotatable bonds is 6. The predicted octanol–water partition coefficient (Wildman–Crippen LogP) is 2.35. The van der Waals surface area contributed by atoms with Gasteiger partial charge in [0.2, 0.25) is 0 Å². The van der Waals surface area contributed by atoms with Gasteiger partial charge in [-0.1, -0.05) is 0 Å². The number of nitrogens with two attached hydrogens (primary N) is 1. The molecule has 1 aliphatic heterocycles. The average molecular weight is 492 g/mol. The zero-order valence-electron chi connectivity index (χ0n) is 16.1. The quantitative estimate of drug-likeness (QED) is 0.360. The van der Waals surface area contributed by atoms with E-state index in [1.165, 1.54) is 0 Å². The monoisotopic (exact) mass is 492 g/mol. The molecule has 9 heteroatoms. The average Bonchev–Trinajstić information content (AvgIpc) is 2.67. The van der Waals surface area contributed by atoms with E-state index in [1.54, 1.807) is 26.0 Å². The first-order chi connectivity index (χ1) is 12.6. The van der Waals surface area contributed by atoms with Crippen LogP contribution in [-0.4, -0.2) is 56.9 Å². The molecular formula is C18H29IN4O4. The van der Waals surface area contributed by atoms with Crippen molar-refractivity contribution in [2.75, 3.05) is 33.9 Å². The summed E-state index contributed by atoms with van der Waals surface area (Å²) in [5.41, 5.74) is 6.94. The highest BCUT2D eigenvalue weighted by molar-refractivity contribution is 14.0. The van der Waals surface area contributed by atoms with Gasteiger partial charge >= 0.3 is 6.09 Å². The fourth-order valence-electron chi connectivity index (χ4n) is 2.83. The summed E-state index contributed by atoms with van der Waals surface area (Å²) in [6.07, 6.45) is 1.36. The molecule has 1 aromatic rings. The molecule has 152 valence electrons. The van der Waals surface area contributed by atoms with Crippen LogP contribution in [0, 0.1) is 0 Å². The largest absolute Gasteiger partial charge is 0.497 e. The third-order valence-electron chi connectivity index (χ3n) is 4.29. The molecule has 1 heterocycles. The van der Waals surface area contributed by atoms with Gasteiger partial charge in [-0.2, -0.15) is 0 Å². The summed E-state index contributed by atoms with van der Waals surface area (Å²) in [6.45, 7) is 3.91. The van der Waals surface area contributed by atoms with Gasteiger partial charge in [0.15, 0.2) is 5.96 Å². The molecule has 0 saturated carbocycles. The van der Waals surface area contributed by atoms with Crippen LogP contribution in [0.3, 0.4) is 0 Å². The third kappa shape index (κ3) is 6.96. The minimum atomic E-state index is -0.251. The molecule has 0 unspecified atom stereocenters. The summed E-state index contributed by atoms with van der Waals surface area (Å²) >= 11 is 0. The number of hydrogen-bond donors (Lipinski definition) is 2. The van der Waals surface area contributed by atoms with Crippen molar-refractivity contribution in [3.8, 4) is 11.5 Å². The highest BCUT2D eigenvalue weighted by atomic mass is 127. The highest BCUT2D eigenvalue weighted by Crippen LogP contribution is 2.25. The number of methoxy groups -OCH3 is 2. The van der Waals surface area contributed by atoms with E-state index in [2.05, 4.69) is 10.3 Å². The summed E-state index contributed by atoms with van der Waals surface area (Å²) in [4.78, 5) is 17.8. The summed E-state index contributed by atoms with van der Waals surface area (Å²) in [7, 11) is 3.22. The smallest absolute Gasteiger partial charge is 0.409 e. The van der Waals surface area contributed by atoms with Crippen LogP contribution in [0.2, 0.25) is 0 Å². The molecular weight excluding hydrogens is 463 g/mol. The van der Waals surface area contributed by atoms with Gasteiger partial charge in [0.1, 0.15) is 11.5 Å². The Bertz CT molecular complexity index is 634. The Morgan fingerprint density at radius 2 is 2.00 bits per heavy atom. The van der Waals surface area contributed by atoms with Crippen LogP contribution in [0.5, 0.6) is 11.5 Å². The summed E-state index contributed by atoms with van der Waals surface area (Å²) in [5, 5.41) is 3.22. The summed E-state index contributed by atoms with van der Waals surface area (Å²) < 4.78 is 15.6. The van der Waals surface area contributed by atoms with Crippen LogP contribution >= 0.6 is 24.0 Å². The number of aliphatic imine (C=N–C) groups is 1. The van der Waals surface area contributed by atoms with E-state index in [-0.39, 0.29) is 36.1 Å². The van der Waals surface area contributed by atoms with Crippen molar-refractivity contribution >= 4 is 36.0 Å². The van der Waals surface area contributed by atoms with E-state index in [4.69, 9.17) is 19.9 Å². The molecule has 1 saturated heterocycles. The zero-order valence-corrected chi connectivity index (χ0v) is 18.4. The molecule has 0 aromatic heterocycles. The van der Waals surface area contributed by atoms with Crippen molar-refractivity contribution in [2.45, 2.75) is 32.4 Å². The molecule has 0 radical (unpaired) electrons. The number of benzene rings is 1. The molecule has 1 aliphatic rings. The number of amides is 1. The van der Waals surface area contributed by atoms with Crippen LogP contribution in [0.1, 0.15) is 25.3 Å². The molecule has 1 fully saturated rings. The van der Waals surface area contributed by atoms with Crippen LogP contribution in [-0.2, 0) is 11.3 Å². The third-order valence-corrected chi connectivity index (χ3v) is 4.29. The van der Waals surface area contributed by atoms with Gasteiger partial charge < -0.3 is 30.2 Å². The SMILES string of the molecule is CCOC(=O)N1CCC(NC(N)=NCc2ccc(OC)cc2OC)CC1.I. The lowest BCUT2D eigenvalue weighted by Crippen LogP contribution is -2.48. The fourth-order valence-corrected chi connectivity index (χ4v) is 2.83. The van der Waals surface area contributed by atoms with E-state index < -0.39 is 0 Å². The van der Waals surface area contributed by atoms with Gasteiger partial charge in [-0.05, 0) is 31.9 Å². The lowest BCUT2D eigenvalue weighted by atomic mass is 10.1. The molecule has 2 rings (SSSR count). The number of hydrogen-bond acceptors (Lipinski definition) is 5. The van der Waals surface area contributed by atoms with E-state index in [0.29, 0.717) is 38.0 Å². The number of ether oxygens (including phenoxy) is 3. The number of nitrogens with one attached hydrogen (secondary N) is 1. The van der Waals surface area contributed by atoms with Gasteiger partial charge in [-0.25, -0.2) is 9.79 Å². The number of halogens is 1. The van der Waals surface area contributed by atoms with E-state index >= 15 is 0 Å². The van der Waals surface area contributed by atoms with Crippen LogP contribution < -0.4 is 20.5 Å². The van der Waals surface area contributed by atoms with E-state index in [0.717, 1.165) is 24.2 Å². The van der Waals surface area contributed by atoms with Crippen molar-refractivity contribution in [2.24, 2.45) is 10.7 Å². The lowest BCUT2D eigenvalue weighted by Gasteiger charge is -2.31. The number of piperidine rings is 1. The van der Waals surface area contributed by atoms with Gasteiger partial charge in [-0.3, -0.25) is 0 Å². The first-order valence-corrected chi connectivity index (χ1v) is 8.76. The molecule has 0 spiro atoms. The lowest BCUT2D eigenvalue weighted by molar-refractivity contribution is 0.0963. The Balaban J connectivity index is 0.00000364. The van der Waals surface area contributed by atoms with Gasteiger partial charge in [0.25, 0.3) is 0 Å². The maximum Gasteiger partial charge on any atom is 0.409 e. The minimum absolute atomic E-state index is 0. The number of likely N-dealkylation sites (tertiary alicyclic amines) is 1. The van der Waals surface area contributed by atoms with Gasteiger partial charge in [0, 0.05) is 30.8 Å². The zero-order chi connectivity index (χ0) is 18.9.